The highest BCUT2D eigenvalue weighted by atomic mass is 16.6. The van der Waals surface area contributed by atoms with Crippen LogP contribution in [-0.2, 0) is 6.42 Å². The molecule has 0 radical (unpaired) electrons. The van der Waals surface area contributed by atoms with E-state index in [1.807, 2.05) is 11.0 Å². The first kappa shape index (κ1) is 22.8. The summed E-state index contributed by atoms with van der Waals surface area (Å²) in [6, 6.07) is 7.04. The van der Waals surface area contributed by atoms with Gasteiger partial charge < -0.3 is 19.6 Å². The number of amides is 1. The van der Waals surface area contributed by atoms with Gasteiger partial charge in [0.25, 0.3) is 0 Å². The highest BCUT2D eigenvalue weighted by Gasteiger charge is 2.54. The van der Waals surface area contributed by atoms with Crippen LogP contribution < -0.4 is 4.74 Å². The Labute approximate surface area is 204 Å². The van der Waals surface area contributed by atoms with Gasteiger partial charge >= 0.3 is 6.09 Å². The van der Waals surface area contributed by atoms with Crippen LogP contribution >= 0.6 is 0 Å². The molecule has 186 valence electrons. The quantitative estimate of drug-likeness (QED) is 0.638. The van der Waals surface area contributed by atoms with Crippen LogP contribution in [0.25, 0.3) is 0 Å². The molecule has 34 heavy (non-hydrogen) atoms. The number of carbonyl (C=O) groups is 1. The fourth-order valence-corrected chi connectivity index (χ4v) is 8.46. The Hall–Kier alpha value is -1.59. The second-order valence-electron chi connectivity index (χ2n) is 12.1. The van der Waals surface area contributed by atoms with Gasteiger partial charge in [0.2, 0.25) is 0 Å². The predicted molar refractivity (Wildman–Crippen MR) is 133 cm³/mol. The Morgan fingerprint density at radius 3 is 2.59 bits per heavy atom. The smallest absolute Gasteiger partial charge is 0.410 e. The number of aliphatic hydroxyl groups is 1. The van der Waals surface area contributed by atoms with Crippen molar-refractivity contribution in [3.05, 3.63) is 29.3 Å². The largest absolute Gasteiger partial charge is 0.415 e. The Bertz CT molecular complexity index is 905. The number of benzene rings is 1. The number of ether oxygens (including phenoxy) is 1. The molecule has 5 unspecified atom stereocenters. The van der Waals surface area contributed by atoms with Gasteiger partial charge in [-0.15, -0.1) is 0 Å². The van der Waals surface area contributed by atoms with E-state index in [0.717, 1.165) is 45.2 Å². The molecule has 0 aromatic heterocycles. The van der Waals surface area contributed by atoms with Crippen molar-refractivity contribution in [2.75, 3.05) is 26.2 Å². The van der Waals surface area contributed by atoms with E-state index in [4.69, 9.17) is 4.74 Å². The molecule has 1 N–H and O–H groups in total. The third-order valence-corrected chi connectivity index (χ3v) is 10.5. The molecule has 2 aliphatic heterocycles. The van der Waals surface area contributed by atoms with Gasteiger partial charge in [0.15, 0.2) is 0 Å². The van der Waals surface area contributed by atoms with E-state index in [0.29, 0.717) is 29.5 Å². The standard InChI is InChI=1S/C29H42N2O3/c1-29-14-11-24-23-8-6-22(19-20(23)5-7-25(24)26(29)9-10-27(29)32)34-28(33)31-17-12-21(13-18-31)30-15-3-2-4-16-30/h6,8,19,21,24-27,32H,2-5,7,9-18H2,1H3. The van der Waals surface area contributed by atoms with E-state index in [2.05, 4.69) is 24.0 Å². The maximum atomic E-state index is 12.9. The summed E-state index contributed by atoms with van der Waals surface area (Å²) in [6.45, 7) is 6.40. The van der Waals surface area contributed by atoms with Crippen LogP contribution in [0.5, 0.6) is 5.75 Å². The number of carbonyl (C=O) groups excluding carboxylic acids is 1. The number of rotatable bonds is 2. The molecular formula is C29H42N2O3. The van der Waals surface area contributed by atoms with Gasteiger partial charge in [-0.3, -0.25) is 0 Å². The van der Waals surface area contributed by atoms with Crippen LogP contribution in [0.4, 0.5) is 4.79 Å². The van der Waals surface area contributed by atoms with E-state index < -0.39 is 0 Å². The Morgan fingerprint density at radius 1 is 1.00 bits per heavy atom. The van der Waals surface area contributed by atoms with Crippen molar-refractivity contribution < 1.29 is 14.6 Å². The number of hydrogen-bond donors (Lipinski definition) is 1. The minimum absolute atomic E-state index is 0.119. The molecule has 2 saturated carbocycles. The van der Waals surface area contributed by atoms with Gasteiger partial charge in [-0.25, -0.2) is 4.79 Å². The van der Waals surface area contributed by atoms with Crippen LogP contribution in [0.15, 0.2) is 18.2 Å². The number of aliphatic hydroxyl groups excluding tert-OH is 1. The predicted octanol–water partition coefficient (Wildman–Crippen LogP) is 5.35. The second-order valence-corrected chi connectivity index (χ2v) is 12.1. The lowest BCUT2D eigenvalue weighted by Crippen LogP contribution is -2.48. The van der Waals surface area contributed by atoms with Crippen LogP contribution in [0.3, 0.4) is 0 Å². The zero-order chi connectivity index (χ0) is 23.3. The lowest BCUT2D eigenvalue weighted by Gasteiger charge is -2.50. The van der Waals surface area contributed by atoms with E-state index in [1.165, 1.54) is 62.7 Å². The molecule has 2 saturated heterocycles. The van der Waals surface area contributed by atoms with Crippen molar-refractivity contribution in [1.29, 1.82) is 0 Å². The third-order valence-electron chi connectivity index (χ3n) is 10.5. The topological polar surface area (TPSA) is 53.0 Å². The van der Waals surface area contributed by atoms with Crippen molar-refractivity contribution in [3.8, 4) is 5.75 Å². The Morgan fingerprint density at radius 2 is 1.79 bits per heavy atom. The molecule has 1 aromatic rings. The molecule has 4 fully saturated rings. The highest BCUT2D eigenvalue weighted by molar-refractivity contribution is 5.71. The molecule has 2 heterocycles. The van der Waals surface area contributed by atoms with E-state index in [-0.39, 0.29) is 17.6 Å². The van der Waals surface area contributed by atoms with Crippen LogP contribution in [0, 0.1) is 17.3 Å². The fourth-order valence-electron chi connectivity index (χ4n) is 8.46. The summed E-state index contributed by atoms with van der Waals surface area (Å²) in [7, 11) is 0. The summed E-state index contributed by atoms with van der Waals surface area (Å²) in [5.41, 5.74) is 2.97. The molecule has 5 atom stereocenters. The van der Waals surface area contributed by atoms with Gasteiger partial charge in [-0.1, -0.05) is 19.4 Å². The molecule has 1 aromatic carbocycles. The maximum absolute atomic E-state index is 12.9. The normalized spacial score (nSPS) is 36.5. The number of aryl methyl sites for hydroxylation is 1. The minimum Gasteiger partial charge on any atom is -0.410 e. The van der Waals surface area contributed by atoms with E-state index in [1.54, 1.807) is 0 Å². The molecule has 0 spiro atoms. The Kier molecular flexibility index (Phi) is 6.13. The van der Waals surface area contributed by atoms with E-state index >= 15 is 0 Å². The highest BCUT2D eigenvalue weighted by Crippen LogP contribution is 2.60. The number of fused-ring (bicyclic) bond motifs is 5. The molecular weight excluding hydrogens is 424 g/mol. The summed E-state index contributed by atoms with van der Waals surface area (Å²) in [6.07, 6.45) is 12.6. The zero-order valence-corrected chi connectivity index (χ0v) is 20.9. The van der Waals surface area contributed by atoms with Crippen LogP contribution in [0.1, 0.15) is 88.2 Å². The SMILES string of the molecule is CC12CCC3c4ccc(OC(=O)N5CCC(N6CCCCC6)CC5)cc4CCC3C1CCC2O. The van der Waals surface area contributed by atoms with Crippen molar-refractivity contribution in [3.63, 3.8) is 0 Å². The zero-order valence-electron chi connectivity index (χ0n) is 20.9. The van der Waals surface area contributed by atoms with Crippen molar-refractivity contribution in [2.24, 2.45) is 17.3 Å². The lowest BCUT2D eigenvalue weighted by atomic mass is 9.55. The van der Waals surface area contributed by atoms with Crippen LogP contribution in [0.2, 0.25) is 0 Å². The average Bonchev–Trinajstić information content (AvgIpc) is 3.18. The summed E-state index contributed by atoms with van der Waals surface area (Å²) in [5.74, 6) is 2.65. The summed E-state index contributed by atoms with van der Waals surface area (Å²) in [5, 5.41) is 10.6. The minimum atomic E-state index is -0.181. The first-order chi connectivity index (χ1) is 16.5. The first-order valence-electron chi connectivity index (χ1n) is 14.0. The van der Waals surface area contributed by atoms with Crippen molar-refractivity contribution in [2.45, 2.75) is 95.6 Å². The molecule has 6 rings (SSSR count). The summed E-state index contributed by atoms with van der Waals surface area (Å²) >= 11 is 0. The monoisotopic (exact) mass is 466 g/mol. The van der Waals surface area contributed by atoms with Gasteiger partial charge in [-0.2, -0.15) is 0 Å². The van der Waals surface area contributed by atoms with Gasteiger partial charge in [0, 0.05) is 19.1 Å². The molecule has 5 nitrogen and oxygen atoms in total. The van der Waals surface area contributed by atoms with Gasteiger partial charge in [0.1, 0.15) is 5.75 Å². The molecule has 3 aliphatic carbocycles. The summed E-state index contributed by atoms with van der Waals surface area (Å²) < 4.78 is 5.88. The number of piperidine rings is 2. The average molecular weight is 467 g/mol. The van der Waals surface area contributed by atoms with Crippen molar-refractivity contribution in [1.82, 2.24) is 9.80 Å². The molecule has 0 bridgehead atoms. The molecule has 5 aliphatic rings. The van der Waals surface area contributed by atoms with E-state index in [9.17, 15) is 9.90 Å². The number of hydrogen-bond acceptors (Lipinski definition) is 4. The second kappa shape index (κ2) is 9.13. The molecule has 1 amide bonds. The maximum Gasteiger partial charge on any atom is 0.415 e. The fraction of sp³-hybridized carbons (Fsp3) is 0.759. The lowest BCUT2D eigenvalue weighted by molar-refractivity contribution is -0.0226. The molecule has 5 heteroatoms. The third kappa shape index (κ3) is 3.97. The Balaban J connectivity index is 1.08. The number of nitrogens with zero attached hydrogens (tertiary/aromatic N) is 2. The van der Waals surface area contributed by atoms with Crippen LogP contribution in [-0.4, -0.2) is 59.3 Å². The number of likely N-dealkylation sites (tertiary alicyclic amines) is 2. The van der Waals surface area contributed by atoms with Gasteiger partial charge in [-0.05, 0) is 124 Å². The summed E-state index contributed by atoms with van der Waals surface area (Å²) in [4.78, 5) is 17.5. The van der Waals surface area contributed by atoms with Crippen molar-refractivity contribution >= 4 is 6.09 Å². The first-order valence-corrected chi connectivity index (χ1v) is 14.0. The van der Waals surface area contributed by atoms with Gasteiger partial charge in [0.05, 0.1) is 6.10 Å².